The average molecular weight is 250 g/mol. The molecule has 0 amide bonds. The van der Waals surface area contributed by atoms with E-state index in [2.05, 4.69) is 40.9 Å². The zero-order valence-corrected chi connectivity index (χ0v) is 11.8. The van der Waals surface area contributed by atoms with Crippen molar-refractivity contribution in [2.45, 2.75) is 58.5 Å². The lowest BCUT2D eigenvalue weighted by Crippen LogP contribution is -2.43. The molecule has 0 radical (unpaired) electrons. The Morgan fingerprint density at radius 2 is 2.22 bits per heavy atom. The van der Waals surface area contributed by atoms with Gasteiger partial charge in [-0.2, -0.15) is 5.10 Å². The van der Waals surface area contributed by atoms with Crippen molar-refractivity contribution < 1.29 is 0 Å². The van der Waals surface area contributed by atoms with Crippen LogP contribution >= 0.6 is 0 Å². The van der Waals surface area contributed by atoms with Crippen LogP contribution in [0.2, 0.25) is 0 Å². The van der Waals surface area contributed by atoms with Crippen molar-refractivity contribution in [3.8, 4) is 0 Å². The van der Waals surface area contributed by atoms with Gasteiger partial charge in [0.1, 0.15) is 12.7 Å². The van der Waals surface area contributed by atoms with Gasteiger partial charge in [0.25, 0.3) is 0 Å². The van der Waals surface area contributed by atoms with Crippen LogP contribution in [0.3, 0.4) is 0 Å². The highest BCUT2D eigenvalue weighted by atomic mass is 15.3. The summed E-state index contributed by atoms with van der Waals surface area (Å²) < 4.78 is 2.06. The van der Waals surface area contributed by atoms with Gasteiger partial charge in [-0.3, -0.25) is 0 Å². The number of nitrogens with zero attached hydrogens (tertiary/aromatic N) is 3. The van der Waals surface area contributed by atoms with E-state index in [0.717, 1.165) is 18.4 Å². The Morgan fingerprint density at radius 1 is 1.39 bits per heavy atom. The number of rotatable bonds is 5. The number of nitrogens with one attached hydrogen (secondary N) is 1. The van der Waals surface area contributed by atoms with Crippen LogP contribution in [-0.4, -0.2) is 27.4 Å². The molecule has 1 aromatic rings. The van der Waals surface area contributed by atoms with Crippen molar-refractivity contribution in [2.75, 3.05) is 6.54 Å². The van der Waals surface area contributed by atoms with Crippen molar-refractivity contribution in [3.05, 3.63) is 12.7 Å². The van der Waals surface area contributed by atoms with Gasteiger partial charge >= 0.3 is 0 Å². The van der Waals surface area contributed by atoms with Gasteiger partial charge in [0.15, 0.2) is 0 Å². The molecule has 1 N–H and O–H groups in total. The Labute approximate surface area is 110 Å². The Morgan fingerprint density at radius 3 is 2.83 bits per heavy atom. The maximum atomic E-state index is 4.36. The Kier molecular flexibility index (Phi) is 4.75. The molecule has 1 saturated carbocycles. The van der Waals surface area contributed by atoms with Gasteiger partial charge in [0.05, 0.1) is 6.04 Å². The average Bonchev–Trinajstić information content (AvgIpc) is 2.89. The molecule has 102 valence electrons. The monoisotopic (exact) mass is 250 g/mol. The molecule has 1 aromatic heterocycles. The third kappa shape index (κ3) is 3.10. The first-order chi connectivity index (χ1) is 8.72. The van der Waals surface area contributed by atoms with Gasteiger partial charge < -0.3 is 5.32 Å². The molecular formula is C14H26N4. The summed E-state index contributed by atoms with van der Waals surface area (Å²) in [5.41, 5.74) is 0. The van der Waals surface area contributed by atoms with Crippen LogP contribution in [0, 0.1) is 11.8 Å². The molecule has 3 atom stereocenters. The molecule has 18 heavy (non-hydrogen) atoms. The number of hydrogen-bond donors (Lipinski definition) is 1. The molecule has 1 fully saturated rings. The fourth-order valence-corrected chi connectivity index (χ4v) is 3.03. The second-order valence-corrected chi connectivity index (χ2v) is 5.82. The number of aromatic nitrogens is 3. The Balaban J connectivity index is 2.06. The van der Waals surface area contributed by atoms with E-state index >= 15 is 0 Å². The van der Waals surface area contributed by atoms with E-state index in [1.54, 1.807) is 6.33 Å². The molecule has 0 bridgehead atoms. The van der Waals surface area contributed by atoms with E-state index < -0.39 is 0 Å². The zero-order chi connectivity index (χ0) is 13.0. The minimum Gasteiger partial charge on any atom is -0.312 e. The van der Waals surface area contributed by atoms with Crippen LogP contribution in [0.25, 0.3) is 0 Å². The van der Waals surface area contributed by atoms with Gasteiger partial charge in [0.2, 0.25) is 0 Å². The van der Waals surface area contributed by atoms with Crippen LogP contribution in [0.15, 0.2) is 12.7 Å². The Hall–Kier alpha value is -0.900. The van der Waals surface area contributed by atoms with Crippen LogP contribution in [-0.2, 0) is 0 Å². The zero-order valence-electron chi connectivity index (χ0n) is 11.8. The van der Waals surface area contributed by atoms with Crippen molar-refractivity contribution in [2.24, 2.45) is 11.8 Å². The molecule has 3 unspecified atom stereocenters. The molecule has 2 rings (SSSR count). The third-order valence-corrected chi connectivity index (χ3v) is 4.23. The summed E-state index contributed by atoms with van der Waals surface area (Å²) in [5, 5.41) is 8.04. The normalized spacial score (nSPS) is 28.8. The maximum absolute atomic E-state index is 4.36. The second-order valence-electron chi connectivity index (χ2n) is 5.82. The molecule has 1 aliphatic carbocycles. The van der Waals surface area contributed by atoms with Crippen molar-refractivity contribution in [3.63, 3.8) is 0 Å². The summed E-state index contributed by atoms with van der Waals surface area (Å²) in [4.78, 5) is 4.11. The third-order valence-electron chi connectivity index (χ3n) is 4.23. The highest BCUT2D eigenvalue weighted by molar-refractivity contribution is 4.89. The lowest BCUT2D eigenvalue weighted by atomic mass is 9.77. The molecule has 0 aromatic carbocycles. The van der Waals surface area contributed by atoms with Crippen molar-refractivity contribution in [1.82, 2.24) is 20.1 Å². The fourth-order valence-electron chi connectivity index (χ4n) is 3.03. The Bertz CT molecular complexity index is 334. The highest BCUT2D eigenvalue weighted by Crippen LogP contribution is 2.36. The molecule has 0 spiro atoms. The quantitative estimate of drug-likeness (QED) is 0.873. The summed E-state index contributed by atoms with van der Waals surface area (Å²) >= 11 is 0. The van der Waals surface area contributed by atoms with Gasteiger partial charge in [-0.1, -0.05) is 20.8 Å². The predicted molar refractivity (Wildman–Crippen MR) is 73.3 cm³/mol. The summed E-state index contributed by atoms with van der Waals surface area (Å²) in [6.07, 6.45) is 8.53. The van der Waals surface area contributed by atoms with Crippen LogP contribution in [0.4, 0.5) is 0 Å². The molecule has 0 saturated heterocycles. The van der Waals surface area contributed by atoms with Crippen LogP contribution < -0.4 is 5.32 Å². The highest BCUT2D eigenvalue weighted by Gasteiger charge is 2.32. The summed E-state index contributed by atoms with van der Waals surface area (Å²) in [6, 6.07) is 1.03. The van der Waals surface area contributed by atoms with Gasteiger partial charge in [-0.15, -0.1) is 0 Å². The summed E-state index contributed by atoms with van der Waals surface area (Å²) in [5.74, 6) is 1.59. The minimum atomic E-state index is 0.472. The number of hydrogen-bond acceptors (Lipinski definition) is 3. The van der Waals surface area contributed by atoms with E-state index in [0.29, 0.717) is 12.1 Å². The molecule has 1 aliphatic rings. The lowest BCUT2D eigenvalue weighted by molar-refractivity contribution is 0.162. The van der Waals surface area contributed by atoms with E-state index in [9.17, 15) is 0 Å². The summed E-state index contributed by atoms with van der Waals surface area (Å²) in [7, 11) is 0. The molecule has 0 aliphatic heterocycles. The van der Waals surface area contributed by atoms with Crippen molar-refractivity contribution >= 4 is 0 Å². The van der Waals surface area contributed by atoms with E-state index in [1.807, 2.05) is 6.33 Å². The first-order valence-corrected chi connectivity index (χ1v) is 7.29. The van der Waals surface area contributed by atoms with Crippen LogP contribution in [0.1, 0.15) is 52.5 Å². The van der Waals surface area contributed by atoms with Crippen LogP contribution in [0.5, 0.6) is 0 Å². The first kappa shape index (κ1) is 13.5. The van der Waals surface area contributed by atoms with E-state index in [4.69, 9.17) is 0 Å². The maximum Gasteiger partial charge on any atom is 0.137 e. The van der Waals surface area contributed by atoms with E-state index in [-0.39, 0.29) is 0 Å². The largest absolute Gasteiger partial charge is 0.312 e. The molecule has 4 nitrogen and oxygen atoms in total. The predicted octanol–water partition coefficient (Wildman–Crippen LogP) is 2.64. The minimum absolute atomic E-state index is 0.472. The van der Waals surface area contributed by atoms with E-state index in [1.165, 1.54) is 25.7 Å². The fraction of sp³-hybridized carbons (Fsp3) is 0.857. The first-order valence-electron chi connectivity index (χ1n) is 7.29. The molecule has 4 heteroatoms. The lowest BCUT2D eigenvalue weighted by Gasteiger charge is -2.38. The second kappa shape index (κ2) is 6.32. The molecule has 1 heterocycles. The SMILES string of the molecule is CCCNC1CCC(C(C)C)CC1n1cncn1. The van der Waals surface area contributed by atoms with Gasteiger partial charge in [-0.05, 0) is 44.1 Å². The topological polar surface area (TPSA) is 42.7 Å². The summed E-state index contributed by atoms with van der Waals surface area (Å²) in [6.45, 7) is 7.99. The van der Waals surface area contributed by atoms with Gasteiger partial charge in [-0.25, -0.2) is 9.67 Å². The molecular weight excluding hydrogens is 224 g/mol. The van der Waals surface area contributed by atoms with Crippen molar-refractivity contribution in [1.29, 1.82) is 0 Å². The smallest absolute Gasteiger partial charge is 0.137 e. The van der Waals surface area contributed by atoms with Gasteiger partial charge in [0, 0.05) is 6.04 Å². The standard InChI is InChI=1S/C14H26N4/c1-4-7-16-13-6-5-12(11(2)3)8-14(13)18-10-15-9-17-18/h9-14,16H,4-8H2,1-3H3.